The topological polar surface area (TPSA) is 86.7 Å². The van der Waals surface area contributed by atoms with E-state index in [0.29, 0.717) is 13.0 Å². The summed E-state index contributed by atoms with van der Waals surface area (Å²) in [7, 11) is -6.24. The number of halogens is 3. The summed E-state index contributed by atoms with van der Waals surface area (Å²) in [5, 5.41) is 0. The van der Waals surface area contributed by atoms with Gasteiger partial charge >= 0.3 is 11.5 Å². The van der Waals surface area contributed by atoms with Gasteiger partial charge in [-0.05, 0) is 98.0 Å². The molecule has 6 nitrogen and oxygen atoms in total. The van der Waals surface area contributed by atoms with E-state index in [9.17, 15) is 18.0 Å². The third-order valence-electron chi connectivity index (χ3n) is 7.66. The number of hydrogen-bond acceptors (Lipinski definition) is 6. The van der Waals surface area contributed by atoms with Crippen LogP contribution in [0.5, 0.6) is 0 Å². The van der Waals surface area contributed by atoms with Crippen molar-refractivity contribution < 1.29 is 35.7 Å². The van der Waals surface area contributed by atoms with Crippen LogP contribution in [0.1, 0.15) is 43.7 Å². The first kappa shape index (κ1) is 36.9. The minimum absolute atomic E-state index is 0.0858. The van der Waals surface area contributed by atoms with Crippen LogP contribution in [0.4, 0.5) is 13.2 Å². The summed E-state index contributed by atoms with van der Waals surface area (Å²) < 4.78 is 64.0. The highest BCUT2D eigenvalue weighted by molar-refractivity contribution is 7.97. The lowest BCUT2D eigenvalue weighted by Gasteiger charge is -2.30. The van der Waals surface area contributed by atoms with Crippen LogP contribution in [-0.4, -0.2) is 55.6 Å². The molecule has 0 N–H and O–H groups in total. The van der Waals surface area contributed by atoms with E-state index in [1.54, 1.807) is 0 Å². The number of likely N-dealkylation sites (tertiary alicyclic amines) is 1. The summed E-state index contributed by atoms with van der Waals surface area (Å²) in [6.45, 7) is 5.32. The van der Waals surface area contributed by atoms with Crippen LogP contribution < -0.4 is 0 Å². The van der Waals surface area contributed by atoms with Crippen LogP contribution in [0.25, 0.3) is 5.57 Å². The minimum Gasteiger partial charge on any atom is -0.741 e. The second-order valence-electron chi connectivity index (χ2n) is 11.0. The van der Waals surface area contributed by atoms with Crippen LogP contribution >= 0.6 is 0 Å². The molecule has 0 radical (unpaired) electrons. The molecule has 0 unspecified atom stereocenters. The fourth-order valence-electron chi connectivity index (χ4n) is 5.44. The highest BCUT2D eigenvalue weighted by Crippen LogP contribution is 2.35. The Morgan fingerprint density at radius 3 is 1.67 bits per heavy atom. The Bertz CT molecular complexity index is 1680. The van der Waals surface area contributed by atoms with Gasteiger partial charge in [-0.1, -0.05) is 72.3 Å². The van der Waals surface area contributed by atoms with Crippen molar-refractivity contribution in [1.29, 1.82) is 0 Å². The molecule has 0 aliphatic carbocycles. The Labute approximate surface area is 283 Å². The van der Waals surface area contributed by atoms with Gasteiger partial charge in [0.1, 0.15) is 0 Å². The highest BCUT2D eigenvalue weighted by atomic mass is 32.2. The zero-order valence-electron chi connectivity index (χ0n) is 26.6. The zero-order valence-corrected chi connectivity index (χ0v) is 28.2. The third-order valence-corrected chi connectivity index (χ3v) is 10.5. The summed E-state index contributed by atoms with van der Waals surface area (Å²) in [5.41, 5.74) is -0.188. The molecule has 4 aromatic carbocycles. The first-order chi connectivity index (χ1) is 23.0. The smallest absolute Gasteiger partial charge is 0.485 e. The number of carbonyl (C=O) groups is 1. The Balaban J connectivity index is 0.000000579. The molecule has 1 fully saturated rings. The quantitative estimate of drug-likeness (QED) is 0.0721. The summed E-state index contributed by atoms with van der Waals surface area (Å²) in [5.74, 6) is -0.0858. The first-order valence-corrected chi connectivity index (χ1v) is 18.2. The Kier molecular flexibility index (Phi) is 13.5. The highest BCUT2D eigenvalue weighted by Gasteiger charge is 2.37. The van der Waals surface area contributed by atoms with Crippen LogP contribution in [-0.2, 0) is 30.5 Å². The lowest BCUT2D eigenvalue weighted by Crippen LogP contribution is -2.32. The lowest BCUT2D eigenvalue weighted by atomic mass is 9.88. The van der Waals surface area contributed by atoms with Crippen LogP contribution in [0, 0.1) is 0 Å². The molecule has 0 atom stereocenters. The summed E-state index contributed by atoms with van der Waals surface area (Å²) in [6.07, 6.45) is 3.45. The molecule has 1 heterocycles. The van der Waals surface area contributed by atoms with Crippen molar-refractivity contribution in [2.75, 3.05) is 26.2 Å². The van der Waals surface area contributed by atoms with Crippen LogP contribution in [0.15, 0.2) is 136 Å². The maximum Gasteiger partial charge on any atom is 0.485 e. The Morgan fingerprint density at radius 2 is 1.21 bits per heavy atom. The molecule has 11 heteroatoms. The number of carbonyl (C=O) groups excluding carboxylic acids is 1. The molecule has 0 saturated carbocycles. The molecule has 1 saturated heterocycles. The van der Waals surface area contributed by atoms with Gasteiger partial charge < -0.3 is 14.2 Å². The van der Waals surface area contributed by atoms with E-state index in [1.807, 2.05) is 6.92 Å². The minimum atomic E-state index is -6.09. The number of rotatable bonds is 10. The molecule has 0 bridgehead atoms. The van der Waals surface area contributed by atoms with E-state index in [-0.39, 0.29) is 16.9 Å². The molecule has 5 rings (SSSR count). The average Bonchev–Trinajstić information content (AvgIpc) is 3.07. The molecular weight excluding hydrogens is 660 g/mol. The molecular formula is C37H38F3NO5S2. The van der Waals surface area contributed by atoms with E-state index in [0.717, 1.165) is 38.9 Å². The van der Waals surface area contributed by atoms with Crippen molar-refractivity contribution >= 4 is 32.6 Å². The summed E-state index contributed by atoms with van der Waals surface area (Å²) in [4.78, 5) is 18.2. The summed E-state index contributed by atoms with van der Waals surface area (Å²) >= 11 is 0. The maximum atomic E-state index is 11.7. The Hall–Kier alpha value is -3.90. The number of benzene rings is 4. The predicted molar refractivity (Wildman–Crippen MR) is 181 cm³/mol. The third kappa shape index (κ3) is 10.6. The predicted octanol–water partition coefficient (Wildman–Crippen LogP) is 8.07. The number of ether oxygens (including phenoxy) is 1. The van der Waals surface area contributed by atoms with Crippen molar-refractivity contribution in [2.45, 2.75) is 52.8 Å². The Morgan fingerprint density at radius 1 is 0.771 bits per heavy atom. The van der Waals surface area contributed by atoms with Crippen molar-refractivity contribution in [3.8, 4) is 0 Å². The van der Waals surface area contributed by atoms with Gasteiger partial charge in [0.25, 0.3) is 0 Å². The van der Waals surface area contributed by atoms with Gasteiger partial charge in [0, 0.05) is 19.5 Å². The molecule has 1 aliphatic rings. The van der Waals surface area contributed by atoms with Crippen LogP contribution in [0.2, 0.25) is 0 Å². The first-order valence-electron chi connectivity index (χ1n) is 15.6. The largest absolute Gasteiger partial charge is 0.741 e. The number of nitrogens with zero attached hydrogens (tertiary/aromatic N) is 1. The number of esters is 1. The number of piperidine rings is 1. The number of alkyl halides is 3. The molecule has 0 spiro atoms. The SMILES string of the molecule is CCOC(=O)CCCN1CCC(=C(c2ccccc2)c2ccc([S+](c3ccccc3)c3ccccc3)cc2)CC1.O=S(=O)([O-])C(F)(F)F. The van der Waals surface area contributed by atoms with Gasteiger partial charge in [0.15, 0.2) is 24.8 Å². The van der Waals surface area contributed by atoms with E-state index in [4.69, 9.17) is 17.7 Å². The molecule has 48 heavy (non-hydrogen) atoms. The van der Waals surface area contributed by atoms with Crippen molar-refractivity contribution in [3.63, 3.8) is 0 Å². The molecule has 0 amide bonds. The fourth-order valence-corrected chi connectivity index (χ4v) is 7.52. The van der Waals surface area contributed by atoms with Gasteiger partial charge in [-0.15, -0.1) is 0 Å². The monoisotopic (exact) mass is 697 g/mol. The fraction of sp³-hybridized carbons (Fsp3) is 0.270. The maximum absolute atomic E-state index is 11.7. The molecule has 1 aliphatic heterocycles. The summed E-state index contributed by atoms with van der Waals surface area (Å²) in [6, 6.07) is 41.8. The molecule has 254 valence electrons. The normalized spacial score (nSPS) is 13.8. The van der Waals surface area contributed by atoms with E-state index < -0.39 is 15.6 Å². The molecule has 0 aromatic heterocycles. The average molecular weight is 698 g/mol. The number of hydrogen-bond donors (Lipinski definition) is 0. The van der Waals surface area contributed by atoms with Gasteiger partial charge in [0.2, 0.25) is 0 Å². The standard InChI is InChI=1S/C36H38NO2S.CHF3O3S/c1-2-39-35(38)19-12-26-37-27-24-31(25-28-37)36(29-13-6-3-7-14-29)30-20-22-34(23-21-30)40(32-15-8-4-9-16-32)33-17-10-5-11-18-33;2-1(3,4)8(5,6)7/h3-11,13-18,20-23H,2,12,19,24-28H2,1H3;(H,5,6,7)/q+1;/p-1. The second-order valence-corrected chi connectivity index (χ2v) is 14.3. The van der Waals surface area contributed by atoms with Crippen LogP contribution in [0.3, 0.4) is 0 Å². The zero-order chi connectivity index (χ0) is 34.6. The van der Waals surface area contributed by atoms with Crippen molar-refractivity contribution in [1.82, 2.24) is 4.90 Å². The van der Waals surface area contributed by atoms with Gasteiger partial charge in [-0.25, -0.2) is 8.42 Å². The van der Waals surface area contributed by atoms with Crippen molar-refractivity contribution in [3.05, 3.63) is 132 Å². The van der Waals surface area contributed by atoms with Gasteiger partial charge in [-0.3, -0.25) is 4.79 Å². The van der Waals surface area contributed by atoms with Gasteiger partial charge in [-0.2, -0.15) is 13.2 Å². The van der Waals surface area contributed by atoms with E-state index >= 15 is 0 Å². The molecule has 4 aromatic rings. The lowest BCUT2D eigenvalue weighted by molar-refractivity contribution is -0.143. The van der Waals surface area contributed by atoms with Crippen molar-refractivity contribution in [2.24, 2.45) is 0 Å². The van der Waals surface area contributed by atoms with Gasteiger partial charge in [0.05, 0.1) is 17.5 Å². The second kappa shape index (κ2) is 17.5. The van der Waals surface area contributed by atoms with E-state index in [1.165, 1.54) is 37.0 Å². The van der Waals surface area contributed by atoms with E-state index in [2.05, 4.69) is 120 Å².